The summed E-state index contributed by atoms with van der Waals surface area (Å²) in [5.41, 5.74) is 1.81. The molecule has 0 radical (unpaired) electrons. The first-order valence-corrected chi connectivity index (χ1v) is 10.6. The Morgan fingerprint density at radius 1 is 1.10 bits per heavy atom. The summed E-state index contributed by atoms with van der Waals surface area (Å²) < 4.78 is 5.54. The van der Waals surface area contributed by atoms with Crippen LogP contribution in [0.4, 0.5) is 4.79 Å². The predicted octanol–water partition coefficient (Wildman–Crippen LogP) is 3.64. The number of amides is 2. The van der Waals surface area contributed by atoms with Crippen LogP contribution < -0.4 is 5.32 Å². The van der Waals surface area contributed by atoms with Gasteiger partial charge in [0.1, 0.15) is 5.60 Å². The smallest absolute Gasteiger partial charge is 0.410 e. The van der Waals surface area contributed by atoms with E-state index in [2.05, 4.69) is 48.3 Å². The molecular formula is C23H35N3O3. The summed E-state index contributed by atoms with van der Waals surface area (Å²) in [7, 11) is 0. The van der Waals surface area contributed by atoms with E-state index < -0.39 is 5.60 Å². The third kappa shape index (κ3) is 5.30. The molecule has 2 unspecified atom stereocenters. The van der Waals surface area contributed by atoms with E-state index in [1.807, 2.05) is 25.7 Å². The van der Waals surface area contributed by atoms with Gasteiger partial charge in [-0.3, -0.25) is 9.69 Å². The molecule has 1 N–H and O–H groups in total. The van der Waals surface area contributed by atoms with Gasteiger partial charge >= 0.3 is 6.09 Å². The molecule has 1 heterocycles. The highest BCUT2D eigenvalue weighted by atomic mass is 16.6. The molecule has 1 aromatic rings. The van der Waals surface area contributed by atoms with E-state index in [-0.39, 0.29) is 29.6 Å². The molecule has 1 saturated carbocycles. The number of nitrogens with zero attached hydrogens (tertiary/aromatic N) is 2. The van der Waals surface area contributed by atoms with E-state index >= 15 is 0 Å². The maximum atomic E-state index is 12.4. The topological polar surface area (TPSA) is 61.9 Å². The summed E-state index contributed by atoms with van der Waals surface area (Å²) in [6.07, 6.45) is 1.78. The zero-order valence-corrected chi connectivity index (χ0v) is 18.6. The molecule has 160 valence electrons. The number of carbonyl (C=O) groups is 2. The first kappa shape index (κ1) is 21.6. The van der Waals surface area contributed by atoms with Gasteiger partial charge in [-0.2, -0.15) is 0 Å². The minimum Gasteiger partial charge on any atom is -0.444 e. The van der Waals surface area contributed by atoms with E-state index in [1.165, 1.54) is 11.1 Å². The second kappa shape index (κ2) is 7.98. The number of hydrogen-bond acceptors (Lipinski definition) is 4. The molecule has 6 heteroatoms. The Kier molecular flexibility index (Phi) is 5.95. The molecular weight excluding hydrogens is 366 g/mol. The summed E-state index contributed by atoms with van der Waals surface area (Å²) in [5.74, 6) is 0.0251. The lowest BCUT2D eigenvalue weighted by Crippen LogP contribution is -2.58. The van der Waals surface area contributed by atoms with Crippen LogP contribution in [0.3, 0.4) is 0 Å². The highest BCUT2D eigenvalue weighted by Crippen LogP contribution is 2.45. The van der Waals surface area contributed by atoms with Crippen molar-refractivity contribution in [1.29, 1.82) is 0 Å². The van der Waals surface area contributed by atoms with Gasteiger partial charge in [0.05, 0.1) is 5.54 Å². The maximum Gasteiger partial charge on any atom is 0.410 e. The van der Waals surface area contributed by atoms with Gasteiger partial charge in [-0.05, 0) is 58.6 Å². The number of hydrogen-bond donors (Lipinski definition) is 1. The van der Waals surface area contributed by atoms with E-state index in [0.29, 0.717) is 13.1 Å². The second-order valence-corrected chi connectivity index (χ2v) is 9.72. The third-order valence-electron chi connectivity index (χ3n) is 5.79. The van der Waals surface area contributed by atoms with Crippen molar-refractivity contribution in [2.75, 3.05) is 13.1 Å². The van der Waals surface area contributed by atoms with Gasteiger partial charge in [0.25, 0.3) is 0 Å². The lowest BCUT2D eigenvalue weighted by atomic mass is 10.0. The summed E-state index contributed by atoms with van der Waals surface area (Å²) in [5, 5.41) is 3.09. The van der Waals surface area contributed by atoms with Crippen molar-refractivity contribution in [3.63, 3.8) is 0 Å². The van der Waals surface area contributed by atoms with Crippen LogP contribution in [0, 0.1) is 0 Å². The van der Waals surface area contributed by atoms with Crippen LogP contribution in [0.15, 0.2) is 24.3 Å². The Bertz CT molecular complexity index is 738. The molecule has 6 nitrogen and oxygen atoms in total. The van der Waals surface area contributed by atoms with Gasteiger partial charge in [0, 0.05) is 38.6 Å². The summed E-state index contributed by atoms with van der Waals surface area (Å²) in [6.45, 7) is 13.8. The van der Waals surface area contributed by atoms with E-state index in [0.717, 1.165) is 19.4 Å². The van der Waals surface area contributed by atoms with Gasteiger partial charge in [0.15, 0.2) is 0 Å². The lowest BCUT2D eigenvalue weighted by molar-refractivity contribution is -0.120. The predicted molar refractivity (Wildman–Crippen MR) is 113 cm³/mol. The van der Waals surface area contributed by atoms with Crippen molar-refractivity contribution >= 4 is 12.0 Å². The molecule has 0 aromatic heterocycles. The molecule has 2 atom stereocenters. The number of rotatable bonds is 4. The third-order valence-corrected chi connectivity index (χ3v) is 5.79. The Labute approximate surface area is 174 Å². The van der Waals surface area contributed by atoms with Gasteiger partial charge in [-0.15, -0.1) is 0 Å². The lowest BCUT2D eigenvalue weighted by Gasteiger charge is -2.44. The molecule has 1 aliphatic carbocycles. The van der Waals surface area contributed by atoms with Crippen LogP contribution in [-0.2, 0) is 21.6 Å². The van der Waals surface area contributed by atoms with Gasteiger partial charge in [-0.1, -0.05) is 24.3 Å². The second-order valence-electron chi connectivity index (χ2n) is 9.72. The van der Waals surface area contributed by atoms with Crippen molar-refractivity contribution in [1.82, 2.24) is 15.1 Å². The van der Waals surface area contributed by atoms with Crippen LogP contribution in [-0.4, -0.2) is 52.6 Å². The van der Waals surface area contributed by atoms with Gasteiger partial charge in [0.2, 0.25) is 5.91 Å². The summed E-state index contributed by atoms with van der Waals surface area (Å²) >= 11 is 0. The minimum atomic E-state index is -0.474. The number of benzene rings is 1. The Balaban J connectivity index is 1.61. The van der Waals surface area contributed by atoms with E-state index in [4.69, 9.17) is 4.74 Å². The monoisotopic (exact) mass is 401 g/mol. The molecule has 0 bridgehead atoms. The number of nitrogens with one attached hydrogen (secondary N) is 1. The SMILES string of the molecule is CC(=O)NC1(c2ccc(CN3C(C)CN(C(=O)OC(C)(C)C)CC3C)cc2)CC1. The van der Waals surface area contributed by atoms with E-state index in [1.54, 1.807) is 6.92 Å². The fourth-order valence-corrected chi connectivity index (χ4v) is 4.23. The highest BCUT2D eigenvalue weighted by Gasteiger charge is 2.45. The Morgan fingerprint density at radius 3 is 2.10 bits per heavy atom. The van der Waals surface area contributed by atoms with Crippen molar-refractivity contribution in [2.45, 2.75) is 84.2 Å². The average Bonchev–Trinajstić information content (AvgIpc) is 3.37. The number of piperazine rings is 1. The number of carbonyl (C=O) groups excluding carboxylic acids is 2. The minimum absolute atomic E-state index is 0.0251. The van der Waals surface area contributed by atoms with Crippen molar-refractivity contribution in [2.24, 2.45) is 0 Å². The van der Waals surface area contributed by atoms with Crippen molar-refractivity contribution in [3.8, 4) is 0 Å². The zero-order valence-electron chi connectivity index (χ0n) is 18.6. The van der Waals surface area contributed by atoms with Gasteiger partial charge in [-0.25, -0.2) is 4.79 Å². The van der Waals surface area contributed by atoms with Gasteiger partial charge < -0.3 is 15.0 Å². The fraction of sp³-hybridized carbons (Fsp3) is 0.652. The normalized spacial score (nSPS) is 24.1. The summed E-state index contributed by atoms with van der Waals surface area (Å²) in [4.78, 5) is 28.2. The molecule has 2 aliphatic rings. The van der Waals surface area contributed by atoms with Crippen molar-refractivity contribution < 1.29 is 14.3 Å². The molecule has 29 heavy (non-hydrogen) atoms. The van der Waals surface area contributed by atoms with E-state index in [9.17, 15) is 9.59 Å². The zero-order chi connectivity index (χ0) is 21.4. The first-order chi connectivity index (χ1) is 13.5. The average molecular weight is 402 g/mol. The van der Waals surface area contributed by atoms with Crippen LogP contribution in [0.1, 0.15) is 65.5 Å². The standard InChI is InChI=1S/C23H35N3O3/c1-16-13-25(21(28)29-22(4,5)6)14-17(2)26(16)15-19-7-9-20(10-8-19)23(11-12-23)24-18(3)27/h7-10,16-17H,11-15H2,1-6H3,(H,24,27). The molecule has 0 spiro atoms. The molecule has 2 fully saturated rings. The largest absolute Gasteiger partial charge is 0.444 e. The molecule has 1 aliphatic heterocycles. The van der Waals surface area contributed by atoms with Crippen molar-refractivity contribution in [3.05, 3.63) is 35.4 Å². The summed E-state index contributed by atoms with van der Waals surface area (Å²) in [6, 6.07) is 9.11. The first-order valence-electron chi connectivity index (χ1n) is 10.6. The Morgan fingerprint density at radius 2 is 1.66 bits per heavy atom. The fourth-order valence-electron chi connectivity index (χ4n) is 4.23. The molecule has 2 amide bonds. The quantitative estimate of drug-likeness (QED) is 0.837. The number of ether oxygens (including phenoxy) is 1. The van der Waals surface area contributed by atoms with Crippen LogP contribution in [0.5, 0.6) is 0 Å². The molecule has 3 rings (SSSR count). The van der Waals surface area contributed by atoms with Crippen LogP contribution >= 0.6 is 0 Å². The molecule has 1 aromatic carbocycles. The van der Waals surface area contributed by atoms with Crippen LogP contribution in [0.2, 0.25) is 0 Å². The van der Waals surface area contributed by atoms with Crippen LogP contribution in [0.25, 0.3) is 0 Å². The maximum absolute atomic E-state index is 12.4. The Hall–Kier alpha value is -2.08. The molecule has 1 saturated heterocycles. The highest BCUT2D eigenvalue weighted by molar-refractivity contribution is 5.74.